The Balaban J connectivity index is 1.73. The van der Waals surface area contributed by atoms with Crippen molar-refractivity contribution in [3.63, 3.8) is 0 Å². The van der Waals surface area contributed by atoms with Crippen LogP contribution in [0.5, 0.6) is 5.75 Å². The highest BCUT2D eigenvalue weighted by Crippen LogP contribution is 2.33. The minimum absolute atomic E-state index is 0.177. The van der Waals surface area contributed by atoms with Crippen molar-refractivity contribution in [3.8, 4) is 5.75 Å². The quantitative estimate of drug-likeness (QED) is 0.723. The summed E-state index contributed by atoms with van der Waals surface area (Å²) in [6, 6.07) is 13.8. The van der Waals surface area contributed by atoms with Gasteiger partial charge < -0.3 is 9.52 Å². The summed E-state index contributed by atoms with van der Waals surface area (Å²) in [5.41, 5.74) is 4.10. The van der Waals surface area contributed by atoms with Crippen LogP contribution < -0.4 is 5.63 Å². The number of benzene rings is 2. The minimum atomic E-state index is -0.246. The zero-order valence-corrected chi connectivity index (χ0v) is 15.0. The normalized spacial score (nSPS) is 13.9. The van der Waals surface area contributed by atoms with Crippen molar-refractivity contribution in [1.29, 1.82) is 0 Å². The summed E-state index contributed by atoms with van der Waals surface area (Å²) in [4.78, 5) is 14.6. The zero-order valence-electron chi connectivity index (χ0n) is 15.0. The first-order valence-corrected chi connectivity index (χ1v) is 9.15. The summed E-state index contributed by atoms with van der Waals surface area (Å²) >= 11 is 0. The Morgan fingerprint density at radius 3 is 2.50 bits per heavy atom. The molecule has 1 heterocycles. The van der Waals surface area contributed by atoms with Crippen LogP contribution in [-0.2, 0) is 25.9 Å². The number of fused-ring (bicyclic) bond motifs is 3. The van der Waals surface area contributed by atoms with Crippen LogP contribution in [0, 0.1) is 0 Å². The molecule has 1 aliphatic carbocycles. The first-order chi connectivity index (χ1) is 12.6. The summed E-state index contributed by atoms with van der Waals surface area (Å²) in [6.07, 6.45) is 3.82. The van der Waals surface area contributed by atoms with Crippen molar-refractivity contribution in [2.45, 2.75) is 38.8 Å². The molecule has 0 saturated carbocycles. The molecule has 4 nitrogen and oxygen atoms in total. The fourth-order valence-corrected chi connectivity index (χ4v) is 3.93. The Hall–Kier alpha value is -2.59. The number of phenols is 1. The number of aryl methyl sites for hydroxylation is 1. The van der Waals surface area contributed by atoms with Gasteiger partial charge in [-0.15, -0.1) is 0 Å². The lowest BCUT2D eigenvalue weighted by Crippen LogP contribution is -2.19. The maximum absolute atomic E-state index is 12.5. The van der Waals surface area contributed by atoms with Gasteiger partial charge in [-0.05, 0) is 56.0 Å². The second-order valence-electron chi connectivity index (χ2n) is 7.15. The molecule has 0 unspecified atom stereocenters. The van der Waals surface area contributed by atoms with E-state index in [9.17, 15) is 9.90 Å². The van der Waals surface area contributed by atoms with Gasteiger partial charge in [-0.1, -0.05) is 30.3 Å². The third kappa shape index (κ3) is 3.13. The Kier molecular flexibility index (Phi) is 4.51. The predicted molar refractivity (Wildman–Crippen MR) is 102 cm³/mol. The number of rotatable bonds is 4. The molecular formula is C22H23NO3. The van der Waals surface area contributed by atoms with E-state index in [1.807, 2.05) is 31.3 Å². The number of hydrogen-bond donors (Lipinski definition) is 1. The van der Waals surface area contributed by atoms with Gasteiger partial charge in [0.15, 0.2) is 0 Å². The van der Waals surface area contributed by atoms with E-state index in [-0.39, 0.29) is 11.4 Å². The first-order valence-electron chi connectivity index (χ1n) is 9.15. The van der Waals surface area contributed by atoms with Crippen molar-refractivity contribution in [3.05, 3.63) is 75.1 Å². The van der Waals surface area contributed by atoms with Crippen molar-refractivity contribution in [2.75, 3.05) is 7.05 Å². The van der Waals surface area contributed by atoms with Crippen LogP contribution in [-0.4, -0.2) is 17.1 Å². The fraction of sp³-hybridized carbons (Fsp3) is 0.318. The highest BCUT2D eigenvalue weighted by atomic mass is 16.4. The molecule has 0 saturated heterocycles. The molecule has 1 N–H and O–H groups in total. The molecule has 0 aliphatic heterocycles. The van der Waals surface area contributed by atoms with Crippen molar-refractivity contribution in [1.82, 2.24) is 4.90 Å². The average molecular weight is 349 g/mol. The van der Waals surface area contributed by atoms with Gasteiger partial charge in [0.2, 0.25) is 0 Å². The van der Waals surface area contributed by atoms with Crippen molar-refractivity contribution in [2.24, 2.45) is 0 Å². The zero-order chi connectivity index (χ0) is 18.1. The van der Waals surface area contributed by atoms with Gasteiger partial charge in [0.1, 0.15) is 11.3 Å². The molecule has 0 bridgehead atoms. The van der Waals surface area contributed by atoms with E-state index in [0.717, 1.165) is 48.7 Å². The molecule has 3 aromatic rings. The predicted octanol–water partition coefficient (Wildman–Crippen LogP) is 4.01. The van der Waals surface area contributed by atoms with E-state index in [4.69, 9.17) is 4.42 Å². The van der Waals surface area contributed by atoms with Gasteiger partial charge in [-0.2, -0.15) is 0 Å². The van der Waals surface area contributed by atoms with Gasteiger partial charge >= 0.3 is 5.63 Å². The number of nitrogens with zero attached hydrogens (tertiary/aromatic N) is 1. The van der Waals surface area contributed by atoms with Gasteiger partial charge in [0.25, 0.3) is 0 Å². The molecular weight excluding hydrogens is 326 g/mol. The molecule has 2 aromatic carbocycles. The topological polar surface area (TPSA) is 53.7 Å². The molecule has 0 radical (unpaired) electrons. The number of phenolic OH excluding ortho intramolecular Hbond substituents is 1. The number of hydrogen-bond acceptors (Lipinski definition) is 4. The van der Waals surface area contributed by atoms with Gasteiger partial charge in [0.05, 0.1) is 5.56 Å². The Morgan fingerprint density at radius 1 is 1.00 bits per heavy atom. The van der Waals surface area contributed by atoms with E-state index in [1.165, 1.54) is 5.56 Å². The molecule has 26 heavy (non-hydrogen) atoms. The molecule has 134 valence electrons. The summed E-state index contributed by atoms with van der Waals surface area (Å²) in [5.74, 6) is 0.177. The Morgan fingerprint density at radius 2 is 1.73 bits per heavy atom. The van der Waals surface area contributed by atoms with Crippen LogP contribution in [0.25, 0.3) is 11.0 Å². The number of aromatic hydroxyl groups is 1. The Bertz CT molecular complexity index is 992. The van der Waals surface area contributed by atoms with Crippen LogP contribution in [0.2, 0.25) is 0 Å². The van der Waals surface area contributed by atoms with Gasteiger partial charge in [-0.25, -0.2) is 4.79 Å². The first kappa shape index (κ1) is 16.9. The highest BCUT2D eigenvalue weighted by Gasteiger charge is 2.21. The average Bonchev–Trinajstić information content (AvgIpc) is 2.65. The van der Waals surface area contributed by atoms with Crippen LogP contribution >= 0.6 is 0 Å². The standard InChI is InChI=1S/C22H23NO3/c1-23(13-15-7-3-2-4-8-15)14-19-20(24)12-11-17-16-9-5-6-10-18(16)22(25)26-21(17)19/h2-4,7-8,11-12,24H,5-6,9-10,13-14H2,1H3. The van der Waals surface area contributed by atoms with Crippen LogP contribution in [0.3, 0.4) is 0 Å². The smallest absolute Gasteiger partial charge is 0.339 e. The third-order valence-corrected chi connectivity index (χ3v) is 5.19. The van der Waals surface area contributed by atoms with Gasteiger partial charge in [0, 0.05) is 24.0 Å². The van der Waals surface area contributed by atoms with Gasteiger partial charge in [-0.3, -0.25) is 4.90 Å². The third-order valence-electron chi connectivity index (χ3n) is 5.19. The molecule has 0 fully saturated rings. The molecule has 4 rings (SSSR count). The molecule has 1 aliphatic rings. The van der Waals surface area contributed by atoms with Crippen molar-refractivity contribution >= 4 is 11.0 Å². The van der Waals surface area contributed by atoms with E-state index in [0.29, 0.717) is 17.7 Å². The summed E-state index contributed by atoms with van der Waals surface area (Å²) in [7, 11) is 2.00. The second-order valence-corrected chi connectivity index (χ2v) is 7.15. The minimum Gasteiger partial charge on any atom is -0.507 e. The molecule has 0 spiro atoms. The summed E-state index contributed by atoms with van der Waals surface area (Å²) in [5, 5.41) is 11.4. The van der Waals surface area contributed by atoms with E-state index in [1.54, 1.807) is 6.07 Å². The van der Waals surface area contributed by atoms with E-state index in [2.05, 4.69) is 17.0 Å². The second kappa shape index (κ2) is 6.96. The van der Waals surface area contributed by atoms with E-state index < -0.39 is 0 Å². The van der Waals surface area contributed by atoms with Crippen LogP contribution in [0.4, 0.5) is 0 Å². The highest BCUT2D eigenvalue weighted by molar-refractivity contribution is 5.86. The van der Waals surface area contributed by atoms with Crippen LogP contribution in [0.15, 0.2) is 51.7 Å². The SMILES string of the molecule is CN(Cc1ccccc1)Cc1c(O)ccc2c3c(c(=O)oc12)CCCC3. The Labute approximate surface area is 152 Å². The molecule has 0 atom stereocenters. The summed E-state index contributed by atoms with van der Waals surface area (Å²) in [6.45, 7) is 1.27. The monoisotopic (exact) mass is 349 g/mol. The lowest BCUT2D eigenvalue weighted by molar-refractivity contribution is 0.311. The maximum Gasteiger partial charge on any atom is 0.339 e. The van der Waals surface area contributed by atoms with Crippen LogP contribution in [0.1, 0.15) is 35.1 Å². The molecule has 4 heteroatoms. The largest absolute Gasteiger partial charge is 0.507 e. The maximum atomic E-state index is 12.5. The van der Waals surface area contributed by atoms with E-state index >= 15 is 0 Å². The molecule has 1 aromatic heterocycles. The lowest BCUT2D eigenvalue weighted by Gasteiger charge is -2.20. The lowest BCUT2D eigenvalue weighted by atomic mass is 9.90. The summed E-state index contributed by atoms with van der Waals surface area (Å²) < 4.78 is 5.68. The fourth-order valence-electron chi connectivity index (χ4n) is 3.93. The van der Waals surface area contributed by atoms with Crippen molar-refractivity contribution < 1.29 is 9.52 Å². The molecule has 0 amide bonds.